The van der Waals surface area contributed by atoms with E-state index in [0.29, 0.717) is 19.3 Å². The summed E-state index contributed by atoms with van der Waals surface area (Å²) in [5.74, 6) is -2.21. The van der Waals surface area contributed by atoms with Crippen LogP contribution in [0.25, 0.3) is 0 Å². The average Bonchev–Trinajstić information content (AvgIpc) is 3.28. The lowest BCUT2D eigenvalue weighted by Gasteiger charge is -2.49. The standard InChI is InChI=1S/C36H44N2O13/c1-2-4-22-25(50-33(44)18-37-30(41)15-16-38-31(42)13-14-32(38)43)11-9-24-23(47-22)10-12-26-28(48-24)17-29-36(51-26)34(45)35-27(49-29)6-3-5-21(46-35)8-7-20(40)19-39/h2-3,5,7-14,20-29,34-36,39-40,45H,1,4,6,15-19H2,(H,37,41)/b8-7+/t20-,21+,22+,23-,24+,25-,26+,27-,28-,29+,34+,35-,36+/m0/s1. The van der Waals surface area contributed by atoms with Gasteiger partial charge in [-0.1, -0.05) is 48.6 Å². The Bertz CT molecular complexity index is 1460. The lowest BCUT2D eigenvalue weighted by molar-refractivity contribution is -0.287. The summed E-state index contributed by atoms with van der Waals surface area (Å²) in [5.41, 5.74) is 0. The SMILES string of the molecule is C=CC[C@H]1O[C@H]2C=C[C@H]3O[C@H]4[C@H](O)[C@H]5O[C@@H](/C=C/[C@H](O)CO)C=CC[C@@H]5O[C@@H]4C[C@@H]3O[C@@H]2C=C[C@@H]1OC(=O)CNC(=O)CCN1C(=O)C=CC1=O. The number of carbonyl (C=O) groups excluding carboxylic acids is 4. The number of rotatable bonds is 11. The molecular weight excluding hydrogens is 668 g/mol. The van der Waals surface area contributed by atoms with E-state index in [0.717, 1.165) is 17.1 Å². The molecular formula is C36H44N2O13. The van der Waals surface area contributed by atoms with Gasteiger partial charge in [-0.3, -0.25) is 24.1 Å². The fraction of sp³-hybridized carbons (Fsp3) is 0.556. The second-order valence-electron chi connectivity index (χ2n) is 13.1. The van der Waals surface area contributed by atoms with Gasteiger partial charge in [-0.2, -0.15) is 0 Å². The monoisotopic (exact) mass is 712 g/mol. The summed E-state index contributed by atoms with van der Waals surface area (Å²) in [6.07, 6.45) is 10.6. The van der Waals surface area contributed by atoms with Crippen LogP contribution >= 0.6 is 0 Å². The van der Waals surface area contributed by atoms with E-state index in [2.05, 4.69) is 11.9 Å². The molecule has 0 radical (unpaired) electrons. The van der Waals surface area contributed by atoms with Gasteiger partial charge in [-0.05, 0) is 18.9 Å². The van der Waals surface area contributed by atoms with Gasteiger partial charge in [0.1, 0.15) is 55.4 Å². The van der Waals surface area contributed by atoms with Crippen molar-refractivity contribution in [1.82, 2.24) is 10.2 Å². The molecule has 4 N–H and O–H groups in total. The van der Waals surface area contributed by atoms with Gasteiger partial charge < -0.3 is 49.1 Å². The number of nitrogens with zero attached hydrogens (tertiary/aromatic N) is 1. The van der Waals surface area contributed by atoms with E-state index in [1.165, 1.54) is 6.08 Å². The highest BCUT2D eigenvalue weighted by molar-refractivity contribution is 6.13. The number of aliphatic hydroxyl groups excluding tert-OH is 3. The molecule has 15 heteroatoms. The van der Waals surface area contributed by atoms with Gasteiger partial charge in [0.25, 0.3) is 11.8 Å². The van der Waals surface area contributed by atoms with Crippen molar-refractivity contribution in [3.8, 4) is 0 Å². The quantitative estimate of drug-likeness (QED) is 0.121. The Hall–Kier alpha value is -3.80. The third kappa shape index (κ3) is 8.81. The number of hydrogen-bond acceptors (Lipinski definition) is 13. The first-order chi connectivity index (χ1) is 24.6. The second-order valence-corrected chi connectivity index (χ2v) is 13.1. The first-order valence-corrected chi connectivity index (χ1v) is 17.2. The van der Waals surface area contributed by atoms with E-state index in [9.17, 15) is 29.4 Å². The third-order valence-electron chi connectivity index (χ3n) is 9.51. The number of fused-ring (bicyclic) bond motifs is 4. The molecule has 0 saturated carbocycles. The molecule has 0 aromatic rings. The Morgan fingerprint density at radius 1 is 0.961 bits per heavy atom. The zero-order valence-electron chi connectivity index (χ0n) is 27.9. The minimum Gasteiger partial charge on any atom is -0.454 e. The van der Waals surface area contributed by atoms with Crippen LogP contribution in [0.3, 0.4) is 0 Å². The van der Waals surface area contributed by atoms with Crippen LogP contribution in [0.1, 0.15) is 25.7 Å². The highest BCUT2D eigenvalue weighted by Gasteiger charge is 2.52. The maximum absolute atomic E-state index is 12.8. The Morgan fingerprint density at radius 3 is 2.45 bits per heavy atom. The number of esters is 1. The Labute approximate surface area is 294 Å². The van der Waals surface area contributed by atoms with Gasteiger partial charge in [-0.15, -0.1) is 6.58 Å². The zero-order valence-corrected chi connectivity index (χ0v) is 27.9. The largest absolute Gasteiger partial charge is 0.454 e. The number of imide groups is 1. The van der Waals surface area contributed by atoms with Crippen LogP contribution in [0, 0.1) is 0 Å². The zero-order chi connectivity index (χ0) is 36.1. The van der Waals surface area contributed by atoms with Crippen LogP contribution in [-0.4, -0.2) is 143 Å². The molecule has 15 nitrogen and oxygen atoms in total. The molecule has 13 atom stereocenters. The van der Waals surface area contributed by atoms with Crippen molar-refractivity contribution in [3.05, 3.63) is 73.4 Å². The Balaban J connectivity index is 1.05. The maximum Gasteiger partial charge on any atom is 0.326 e. The van der Waals surface area contributed by atoms with Gasteiger partial charge in [0, 0.05) is 31.5 Å². The predicted molar refractivity (Wildman–Crippen MR) is 176 cm³/mol. The molecule has 2 saturated heterocycles. The van der Waals surface area contributed by atoms with Gasteiger partial charge >= 0.3 is 5.97 Å². The number of nitrogens with one attached hydrogen (secondary N) is 1. The van der Waals surface area contributed by atoms with Crippen molar-refractivity contribution >= 4 is 23.7 Å². The van der Waals surface area contributed by atoms with Crippen LogP contribution in [0.2, 0.25) is 0 Å². The summed E-state index contributed by atoms with van der Waals surface area (Å²) in [7, 11) is 0. The van der Waals surface area contributed by atoms with Crippen molar-refractivity contribution in [2.45, 2.75) is 105 Å². The van der Waals surface area contributed by atoms with E-state index < -0.39 is 116 Å². The van der Waals surface area contributed by atoms with Crippen molar-refractivity contribution in [1.29, 1.82) is 0 Å². The predicted octanol–water partition coefficient (Wildman–Crippen LogP) is -0.538. The van der Waals surface area contributed by atoms with Crippen molar-refractivity contribution in [3.63, 3.8) is 0 Å². The van der Waals surface area contributed by atoms with Gasteiger partial charge in [0.2, 0.25) is 5.91 Å². The highest BCUT2D eigenvalue weighted by atomic mass is 16.6. The molecule has 0 spiro atoms. The Kier molecular flexibility index (Phi) is 12.1. The number of amides is 3. The van der Waals surface area contributed by atoms with Crippen LogP contribution < -0.4 is 5.32 Å². The van der Waals surface area contributed by atoms with Gasteiger partial charge in [0.15, 0.2) is 0 Å². The number of aliphatic hydroxyl groups is 3. The van der Waals surface area contributed by atoms with Gasteiger partial charge in [0.05, 0.1) is 37.1 Å². The summed E-state index contributed by atoms with van der Waals surface area (Å²) in [4.78, 5) is 49.4. The minimum absolute atomic E-state index is 0.103. The van der Waals surface area contributed by atoms with Crippen LogP contribution in [0.5, 0.6) is 0 Å². The summed E-state index contributed by atoms with van der Waals surface area (Å²) in [6.45, 7) is 2.87. The molecule has 6 aliphatic rings. The molecule has 6 aliphatic heterocycles. The molecule has 0 bridgehead atoms. The topological polar surface area (TPSA) is 200 Å². The fourth-order valence-corrected chi connectivity index (χ4v) is 6.93. The van der Waals surface area contributed by atoms with E-state index in [1.807, 2.05) is 24.3 Å². The summed E-state index contributed by atoms with van der Waals surface area (Å²) >= 11 is 0. The van der Waals surface area contributed by atoms with Crippen LogP contribution in [-0.2, 0) is 47.6 Å². The molecule has 0 unspecified atom stereocenters. The molecule has 6 rings (SSSR count). The lowest BCUT2D eigenvalue weighted by Crippen LogP contribution is -2.63. The average molecular weight is 713 g/mol. The molecule has 0 aromatic heterocycles. The molecule has 0 aliphatic carbocycles. The first kappa shape index (κ1) is 37.0. The van der Waals surface area contributed by atoms with Crippen LogP contribution in [0.15, 0.2) is 73.4 Å². The van der Waals surface area contributed by atoms with Crippen molar-refractivity contribution in [2.24, 2.45) is 0 Å². The van der Waals surface area contributed by atoms with Crippen molar-refractivity contribution < 1.29 is 62.9 Å². The van der Waals surface area contributed by atoms with Crippen LogP contribution in [0.4, 0.5) is 0 Å². The third-order valence-corrected chi connectivity index (χ3v) is 9.51. The molecule has 3 amide bonds. The number of ether oxygens (including phenoxy) is 6. The van der Waals surface area contributed by atoms with E-state index in [4.69, 9.17) is 33.5 Å². The maximum atomic E-state index is 12.8. The lowest BCUT2D eigenvalue weighted by atomic mass is 9.87. The van der Waals surface area contributed by atoms with E-state index in [-0.39, 0.29) is 13.0 Å². The summed E-state index contributed by atoms with van der Waals surface area (Å²) in [6, 6.07) is 0. The number of hydrogen-bond donors (Lipinski definition) is 4. The number of carbonyl (C=O) groups is 4. The van der Waals surface area contributed by atoms with E-state index in [1.54, 1.807) is 24.3 Å². The Morgan fingerprint density at radius 2 is 1.69 bits per heavy atom. The fourth-order valence-electron chi connectivity index (χ4n) is 6.93. The normalized spacial score (nSPS) is 37.7. The molecule has 51 heavy (non-hydrogen) atoms. The molecule has 276 valence electrons. The second kappa shape index (κ2) is 16.7. The van der Waals surface area contributed by atoms with Gasteiger partial charge in [-0.25, -0.2) is 0 Å². The van der Waals surface area contributed by atoms with Crippen molar-refractivity contribution in [2.75, 3.05) is 19.7 Å². The van der Waals surface area contributed by atoms with E-state index >= 15 is 0 Å². The summed E-state index contributed by atoms with van der Waals surface area (Å²) < 4.78 is 37.6. The summed E-state index contributed by atoms with van der Waals surface area (Å²) in [5, 5.41) is 32.7. The molecule has 6 heterocycles. The molecule has 0 aromatic carbocycles. The minimum atomic E-state index is -1.02. The first-order valence-electron chi connectivity index (χ1n) is 17.2. The highest BCUT2D eigenvalue weighted by Crippen LogP contribution is 2.39. The smallest absolute Gasteiger partial charge is 0.326 e. The molecule has 2 fully saturated rings.